The van der Waals surface area contributed by atoms with Gasteiger partial charge in [0.2, 0.25) is 0 Å². The van der Waals surface area contributed by atoms with Gasteiger partial charge in [-0.3, -0.25) is 4.90 Å². The van der Waals surface area contributed by atoms with Gasteiger partial charge in [-0.25, -0.2) is 0 Å². The van der Waals surface area contributed by atoms with E-state index in [1.807, 2.05) is 12.1 Å². The van der Waals surface area contributed by atoms with Crippen molar-refractivity contribution in [2.24, 2.45) is 0 Å². The maximum Gasteiger partial charge on any atom is 0.120 e. The molecule has 0 unspecified atom stereocenters. The van der Waals surface area contributed by atoms with Crippen molar-refractivity contribution in [1.29, 1.82) is 0 Å². The van der Waals surface area contributed by atoms with E-state index < -0.39 is 0 Å². The number of nitrogens with zero attached hydrogens (tertiary/aromatic N) is 2. The van der Waals surface area contributed by atoms with Crippen LogP contribution in [0.3, 0.4) is 0 Å². The molecule has 0 aliphatic carbocycles. The van der Waals surface area contributed by atoms with Gasteiger partial charge in [0.05, 0.1) is 4.88 Å². The first-order valence-corrected chi connectivity index (χ1v) is 13.7. The molecule has 1 aromatic heterocycles. The summed E-state index contributed by atoms with van der Waals surface area (Å²) < 4.78 is 0.906. The van der Waals surface area contributed by atoms with Crippen molar-refractivity contribution >= 4 is 38.6 Å². The quantitative estimate of drug-likeness (QED) is 0.236. The third-order valence-electron chi connectivity index (χ3n) is 6.20. The summed E-state index contributed by atoms with van der Waals surface area (Å²) in [6.45, 7) is 6.77. The van der Waals surface area contributed by atoms with E-state index in [1.165, 1.54) is 21.7 Å². The molecule has 2 heterocycles. The summed E-state index contributed by atoms with van der Waals surface area (Å²) in [7, 11) is 3.38. The van der Waals surface area contributed by atoms with Gasteiger partial charge >= 0.3 is 0 Å². The van der Waals surface area contributed by atoms with Gasteiger partial charge in [0.25, 0.3) is 0 Å². The minimum atomic E-state index is 0.353. The fourth-order valence-corrected chi connectivity index (χ4v) is 7.23. The van der Waals surface area contributed by atoms with E-state index in [4.69, 9.17) is 12.2 Å². The number of hydrogen-bond acceptors (Lipinski definition) is 6. The van der Waals surface area contributed by atoms with E-state index in [2.05, 4.69) is 77.4 Å². The van der Waals surface area contributed by atoms with E-state index in [1.54, 1.807) is 20.7 Å². The van der Waals surface area contributed by atoms with E-state index in [0.29, 0.717) is 5.75 Å². The highest BCUT2D eigenvalue weighted by Crippen LogP contribution is 2.42. The molecule has 1 aliphatic rings. The van der Waals surface area contributed by atoms with E-state index in [9.17, 15) is 5.11 Å². The minimum Gasteiger partial charge on any atom is -0.508 e. The summed E-state index contributed by atoms with van der Waals surface area (Å²) in [5.74, 6) is 0.353. The first-order chi connectivity index (χ1) is 16.1. The number of anilines is 1. The topological polar surface area (TPSA) is 26.7 Å². The zero-order valence-electron chi connectivity index (χ0n) is 18.5. The van der Waals surface area contributed by atoms with Gasteiger partial charge in [-0.05, 0) is 42.3 Å². The lowest BCUT2D eigenvalue weighted by Crippen LogP contribution is -2.45. The van der Waals surface area contributed by atoms with Gasteiger partial charge < -0.3 is 10.0 Å². The summed E-state index contributed by atoms with van der Waals surface area (Å²) in [6, 6.07) is 25.1. The number of rotatable bonds is 5. The number of hydrogen-bond donors (Lipinski definition) is 1. The average molecular weight is 491 g/mol. The number of aromatic hydroxyl groups is 1. The summed E-state index contributed by atoms with van der Waals surface area (Å²) >= 11 is 5.73. The Morgan fingerprint density at radius 3 is 2.27 bits per heavy atom. The highest BCUT2D eigenvalue weighted by atomic mass is 32.9. The molecule has 1 aliphatic heterocycles. The monoisotopic (exact) mass is 490 g/mol. The third-order valence-corrected chi connectivity index (χ3v) is 9.27. The second-order valence-electron chi connectivity index (χ2n) is 8.47. The second-order valence-corrected chi connectivity index (χ2v) is 11.3. The van der Waals surface area contributed by atoms with Crippen LogP contribution in [-0.2, 0) is 6.54 Å². The fraction of sp³-hybridized carbons (Fsp3) is 0.222. The molecule has 0 bridgehead atoms. The van der Waals surface area contributed by atoms with Gasteiger partial charge in [0.15, 0.2) is 0 Å². The van der Waals surface area contributed by atoms with Crippen molar-refractivity contribution in [3.05, 3.63) is 87.7 Å². The van der Waals surface area contributed by atoms with Crippen LogP contribution in [0.5, 0.6) is 5.75 Å². The van der Waals surface area contributed by atoms with E-state index in [0.717, 1.165) is 53.2 Å². The molecule has 4 aromatic rings. The Hall–Kier alpha value is -2.51. The summed E-state index contributed by atoms with van der Waals surface area (Å²) in [6.07, 6.45) is 0. The molecule has 3 nitrogen and oxygen atoms in total. The number of phenols is 1. The molecule has 0 spiro atoms. The Labute approximate surface area is 207 Å². The van der Waals surface area contributed by atoms with E-state index >= 15 is 0 Å². The normalized spacial score (nSPS) is 14.5. The summed E-state index contributed by atoms with van der Waals surface area (Å²) in [5, 5.41) is 10.6. The Balaban J connectivity index is 1.36. The molecule has 168 valence electrons. The van der Waals surface area contributed by atoms with Crippen LogP contribution < -0.4 is 4.90 Å². The molecule has 0 radical (unpaired) electrons. The van der Waals surface area contributed by atoms with Crippen molar-refractivity contribution in [2.45, 2.75) is 13.5 Å². The Kier molecular flexibility index (Phi) is 6.60. The first kappa shape index (κ1) is 22.3. The SMILES string of the molecule is Cc1ccc(-c2ssc(=S)c2-c2ccc(O)c(CN3CCN(c4ccccc4)CC3)c2)cc1. The zero-order chi connectivity index (χ0) is 22.8. The van der Waals surface area contributed by atoms with Gasteiger partial charge in [-0.1, -0.05) is 87.0 Å². The van der Waals surface area contributed by atoms with Crippen LogP contribution in [0.25, 0.3) is 21.6 Å². The molecule has 5 rings (SSSR count). The van der Waals surface area contributed by atoms with Crippen molar-refractivity contribution < 1.29 is 5.11 Å². The smallest absolute Gasteiger partial charge is 0.120 e. The molecule has 6 heteroatoms. The lowest BCUT2D eigenvalue weighted by atomic mass is 10.0. The standard InChI is InChI=1S/C27H26N2OS3/c1-19-7-9-20(10-8-19)26-25(27(31)33-32-26)21-11-12-24(30)22(17-21)18-28-13-15-29(16-14-28)23-5-3-2-4-6-23/h2-12,17,30H,13-16,18H2,1H3. The lowest BCUT2D eigenvalue weighted by Gasteiger charge is -2.36. The minimum absolute atomic E-state index is 0.353. The summed E-state index contributed by atoms with van der Waals surface area (Å²) in [5.41, 5.74) is 6.88. The van der Waals surface area contributed by atoms with Crippen LogP contribution in [0.1, 0.15) is 11.1 Å². The maximum absolute atomic E-state index is 10.6. The van der Waals surface area contributed by atoms with Crippen molar-refractivity contribution in [3.63, 3.8) is 0 Å². The van der Waals surface area contributed by atoms with Gasteiger partial charge in [-0.2, -0.15) is 0 Å². The number of benzene rings is 3. The summed E-state index contributed by atoms with van der Waals surface area (Å²) in [4.78, 5) is 6.05. The predicted molar refractivity (Wildman–Crippen MR) is 144 cm³/mol. The van der Waals surface area contributed by atoms with Crippen LogP contribution >= 0.6 is 32.9 Å². The maximum atomic E-state index is 10.6. The molecular weight excluding hydrogens is 465 g/mol. The molecule has 0 saturated carbocycles. The molecular formula is C27H26N2OS3. The highest BCUT2D eigenvalue weighted by Gasteiger charge is 2.20. The Morgan fingerprint density at radius 1 is 0.848 bits per heavy atom. The van der Waals surface area contributed by atoms with Crippen molar-refractivity contribution in [3.8, 4) is 27.3 Å². The molecule has 3 aromatic carbocycles. The zero-order valence-corrected chi connectivity index (χ0v) is 21.0. The first-order valence-electron chi connectivity index (χ1n) is 11.1. The van der Waals surface area contributed by atoms with Crippen LogP contribution in [0.15, 0.2) is 72.8 Å². The van der Waals surface area contributed by atoms with Gasteiger partial charge in [0.1, 0.15) is 9.57 Å². The fourth-order valence-electron chi connectivity index (χ4n) is 4.31. The number of piperazine rings is 1. The Bertz CT molecular complexity index is 1290. The second kappa shape index (κ2) is 9.77. The predicted octanol–water partition coefficient (Wildman–Crippen LogP) is 7.21. The largest absolute Gasteiger partial charge is 0.508 e. The van der Waals surface area contributed by atoms with E-state index in [-0.39, 0.29) is 0 Å². The average Bonchev–Trinajstić information content (AvgIpc) is 3.23. The van der Waals surface area contributed by atoms with Crippen LogP contribution in [-0.4, -0.2) is 36.2 Å². The molecule has 1 saturated heterocycles. The van der Waals surface area contributed by atoms with Crippen LogP contribution in [0.4, 0.5) is 5.69 Å². The van der Waals surface area contributed by atoms with Crippen LogP contribution in [0, 0.1) is 10.7 Å². The van der Waals surface area contributed by atoms with Gasteiger partial charge in [0, 0.05) is 49.5 Å². The number of phenolic OH excluding ortho intramolecular Hbond substituents is 1. The molecule has 0 atom stereocenters. The Morgan fingerprint density at radius 2 is 1.55 bits per heavy atom. The molecule has 1 N–H and O–H groups in total. The highest BCUT2D eigenvalue weighted by molar-refractivity contribution is 7.80. The molecule has 1 fully saturated rings. The number of aryl methyl sites for hydroxylation is 1. The molecule has 33 heavy (non-hydrogen) atoms. The van der Waals surface area contributed by atoms with Crippen LogP contribution in [0.2, 0.25) is 0 Å². The van der Waals surface area contributed by atoms with Gasteiger partial charge in [-0.15, -0.1) is 0 Å². The van der Waals surface area contributed by atoms with Crippen molar-refractivity contribution in [1.82, 2.24) is 4.90 Å². The number of para-hydroxylation sites is 1. The lowest BCUT2D eigenvalue weighted by molar-refractivity contribution is 0.247. The molecule has 0 amide bonds. The third kappa shape index (κ3) is 4.89. The van der Waals surface area contributed by atoms with Crippen molar-refractivity contribution in [2.75, 3.05) is 31.1 Å².